The molecule has 3 heterocycles. The Labute approximate surface area is 144 Å². The van der Waals surface area contributed by atoms with Crippen LogP contribution in [0.1, 0.15) is 12.0 Å². The number of pyridine rings is 1. The van der Waals surface area contributed by atoms with Gasteiger partial charge in [0.15, 0.2) is 5.75 Å². The average Bonchev–Trinajstić information content (AvgIpc) is 3.18. The zero-order valence-corrected chi connectivity index (χ0v) is 13.7. The number of ether oxygens (including phenoxy) is 1. The van der Waals surface area contributed by atoms with Crippen molar-refractivity contribution in [2.24, 2.45) is 0 Å². The number of hydrogen-bond acceptors (Lipinski definition) is 5. The lowest BCUT2D eigenvalue weighted by molar-refractivity contribution is -0.125. The molecule has 3 N–H and O–H groups in total. The molecule has 1 fully saturated rings. The summed E-state index contributed by atoms with van der Waals surface area (Å²) in [6, 6.07) is 8.80. The number of nitrogens with zero attached hydrogens (tertiary/aromatic N) is 1. The van der Waals surface area contributed by atoms with E-state index in [1.165, 1.54) is 13.3 Å². The van der Waals surface area contributed by atoms with Crippen molar-refractivity contribution in [2.45, 2.75) is 17.9 Å². The summed E-state index contributed by atoms with van der Waals surface area (Å²) in [5.74, 6) is 0.0914. The third-order valence-electron chi connectivity index (χ3n) is 4.89. The van der Waals surface area contributed by atoms with E-state index < -0.39 is 11.5 Å². The predicted octanol–water partition coefficient (Wildman–Crippen LogP) is 1.28. The van der Waals surface area contributed by atoms with E-state index in [0.717, 1.165) is 11.3 Å². The largest absolute Gasteiger partial charge is 0.493 e. The molecule has 1 saturated heterocycles. The number of methoxy groups -OCH3 is 1. The molecule has 1 aromatic heterocycles. The summed E-state index contributed by atoms with van der Waals surface area (Å²) in [6.45, 7) is 0.501. The number of carbonyl (C=O) groups is 2. The SMILES string of the molecule is COc1cnccc1NC(=O)C1CC2(CNc3ccccc32)C(=O)N1. The lowest BCUT2D eigenvalue weighted by Gasteiger charge is -2.19. The van der Waals surface area contributed by atoms with E-state index in [2.05, 4.69) is 20.9 Å². The van der Waals surface area contributed by atoms with E-state index in [1.807, 2.05) is 24.3 Å². The number of hydrogen-bond donors (Lipinski definition) is 3. The Kier molecular flexibility index (Phi) is 3.56. The molecule has 0 aliphatic carbocycles. The van der Waals surface area contributed by atoms with Gasteiger partial charge in [-0.25, -0.2) is 0 Å². The number of carbonyl (C=O) groups excluding carboxylic acids is 2. The minimum Gasteiger partial charge on any atom is -0.493 e. The standard InChI is InChI=1S/C18H18N4O3/c1-25-15-9-19-7-6-13(15)21-16(23)14-8-18(17(24)22-14)10-20-12-5-3-2-4-11(12)18/h2-7,9,14,20H,8,10H2,1H3,(H,22,24)(H,19,21,23). The van der Waals surface area contributed by atoms with E-state index in [9.17, 15) is 9.59 Å². The van der Waals surface area contributed by atoms with Gasteiger partial charge in [0.1, 0.15) is 6.04 Å². The highest BCUT2D eigenvalue weighted by Gasteiger charge is 2.53. The van der Waals surface area contributed by atoms with Crippen LogP contribution in [-0.4, -0.2) is 36.5 Å². The van der Waals surface area contributed by atoms with E-state index in [0.29, 0.717) is 24.4 Å². The molecule has 25 heavy (non-hydrogen) atoms. The van der Waals surface area contributed by atoms with E-state index in [4.69, 9.17) is 4.74 Å². The molecule has 1 spiro atoms. The fourth-order valence-corrected chi connectivity index (χ4v) is 3.59. The van der Waals surface area contributed by atoms with Crippen molar-refractivity contribution in [3.63, 3.8) is 0 Å². The highest BCUT2D eigenvalue weighted by atomic mass is 16.5. The number of rotatable bonds is 3. The molecule has 2 amide bonds. The maximum Gasteiger partial charge on any atom is 0.247 e. The Bertz CT molecular complexity index is 854. The average molecular weight is 338 g/mol. The molecule has 0 bridgehead atoms. The summed E-state index contributed by atoms with van der Waals surface area (Å²) in [6.07, 6.45) is 3.51. The minimum atomic E-state index is -0.694. The first kappa shape index (κ1) is 15.4. The highest BCUT2D eigenvalue weighted by Crippen LogP contribution is 2.43. The van der Waals surface area contributed by atoms with Crippen molar-refractivity contribution in [1.82, 2.24) is 10.3 Å². The molecule has 1 aromatic carbocycles. The van der Waals surface area contributed by atoms with Crippen LogP contribution in [-0.2, 0) is 15.0 Å². The molecular weight excluding hydrogens is 320 g/mol. The van der Waals surface area contributed by atoms with Crippen LogP contribution in [0.5, 0.6) is 5.75 Å². The molecule has 2 aliphatic heterocycles. The summed E-state index contributed by atoms with van der Waals surface area (Å²) in [4.78, 5) is 29.3. The topological polar surface area (TPSA) is 92.3 Å². The summed E-state index contributed by atoms with van der Waals surface area (Å²) >= 11 is 0. The van der Waals surface area contributed by atoms with Crippen molar-refractivity contribution in [2.75, 3.05) is 24.3 Å². The normalized spacial score (nSPS) is 23.7. The molecule has 2 aliphatic rings. The predicted molar refractivity (Wildman–Crippen MR) is 92.6 cm³/mol. The Hall–Kier alpha value is -3.09. The van der Waals surface area contributed by atoms with Crippen molar-refractivity contribution >= 4 is 23.2 Å². The van der Waals surface area contributed by atoms with Gasteiger partial charge < -0.3 is 20.7 Å². The first-order chi connectivity index (χ1) is 12.1. The van der Waals surface area contributed by atoms with Crippen LogP contribution in [0.25, 0.3) is 0 Å². The van der Waals surface area contributed by atoms with Crippen molar-refractivity contribution in [3.8, 4) is 5.75 Å². The van der Waals surface area contributed by atoms with Gasteiger partial charge in [0.05, 0.1) is 24.4 Å². The van der Waals surface area contributed by atoms with Crippen LogP contribution in [0, 0.1) is 0 Å². The lowest BCUT2D eigenvalue weighted by Crippen LogP contribution is -2.39. The van der Waals surface area contributed by atoms with Crippen molar-refractivity contribution in [1.29, 1.82) is 0 Å². The van der Waals surface area contributed by atoms with Crippen molar-refractivity contribution < 1.29 is 14.3 Å². The highest BCUT2D eigenvalue weighted by molar-refractivity contribution is 6.04. The maximum absolute atomic E-state index is 12.7. The summed E-state index contributed by atoms with van der Waals surface area (Å²) < 4.78 is 5.20. The van der Waals surface area contributed by atoms with Gasteiger partial charge in [0.25, 0.3) is 0 Å². The number of amides is 2. The van der Waals surface area contributed by atoms with Gasteiger partial charge in [-0.1, -0.05) is 18.2 Å². The fourth-order valence-electron chi connectivity index (χ4n) is 3.59. The molecule has 7 heteroatoms. The number of aromatic nitrogens is 1. The van der Waals surface area contributed by atoms with Gasteiger partial charge in [-0.3, -0.25) is 14.6 Å². The molecule has 0 saturated carbocycles. The van der Waals surface area contributed by atoms with Crippen LogP contribution in [0.3, 0.4) is 0 Å². The smallest absolute Gasteiger partial charge is 0.247 e. The zero-order chi connectivity index (χ0) is 17.4. The Balaban J connectivity index is 1.56. The second kappa shape index (κ2) is 5.77. The van der Waals surface area contributed by atoms with Crippen molar-refractivity contribution in [3.05, 3.63) is 48.3 Å². The number of benzene rings is 1. The molecule has 2 atom stereocenters. The molecule has 0 radical (unpaired) electrons. The third-order valence-corrected chi connectivity index (χ3v) is 4.89. The molecule has 2 unspecified atom stereocenters. The Morgan fingerprint density at radius 1 is 1.36 bits per heavy atom. The van der Waals surface area contributed by atoms with Gasteiger partial charge in [0.2, 0.25) is 11.8 Å². The summed E-state index contributed by atoms with van der Waals surface area (Å²) in [7, 11) is 1.51. The Morgan fingerprint density at radius 2 is 2.20 bits per heavy atom. The summed E-state index contributed by atoms with van der Waals surface area (Å²) in [5, 5.41) is 8.92. The monoisotopic (exact) mass is 338 g/mol. The van der Waals surface area contributed by atoms with E-state index in [-0.39, 0.29) is 11.8 Å². The molecule has 7 nitrogen and oxygen atoms in total. The number of fused-ring (bicyclic) bond motifs is 2. The van der Waals surface area contributed by atoms with Crippen LogP contribution in [0.15, 0.2) is 42.7 Å². The number of anilines is 2. The quantitative estimate of drug-likeness (QED) is 0.784. The number of nitrogens with one attached hydrogen (secondary N) is 3. The van der Waals surface area contributed by atoms with Crippen LogP contribution < -0.4 is 20.7 Å². The molecule has 4 rings (SSSR count). The van der Waals surface area contributed by atoms with E-state index >= 15 is 0 Å². The Morgan fingerprint density at radius 3 is 3.04 bits per heavy atom. The molecular formula is C18H18N4O3. The van der Waals surface area contributed by atoms with E-state index in [1.54, 1.807) is 12.3 Å². The zero-order valence-electron chi connectivity index (χ0n) is 13.7. The van der Waals surface area contributed by atoms with Crippen LogP contribution >= 0.6 is 0 Å². The second-order valence-corrected chi connectivity index (χ2v) is 6.28. The minimum absolute atomic E-state index is 0.119. The third kappa shape index (κ3) is 2.39. The lowest BCUT2D eigenvalue weighted by atomic mass is 9.79. The fraction of sp³-hybridized carbons (Fsp3) is 0.278. The first-order valence-electron chi connectivity index (χ1n) is 8.07. The van der Waals surface area contributed by atoms with Crippen LogP contribution in [0.2, 0.25) is 0 Å². The first-order valence-corrected chi connectivity index (χ1v) is 8.07. The molecule has 128 valence electrons. The van der Waals surface area contributed by atoms with Gasteiger partial charge >= 0.3 is 0 Å². The number of para-hydroxylation sites is 1. The van der Waals surface area contributed by atoms with Gasteiger partial charge in [0, 0.05) is 18.4 Å². The summed E-state index contributed by atoms with van der Waals surface area (Å²) in [5.41, 5.74) is 1.74. The van der Waals surface area contributed by atoms with Gasteiger partial charge in [-0.05, 0) is 24.1 Å². The van der Waals surface area contributed by atoms with Crippen LogP contribution in [0.4, 0.5) is 11.4 Å². The maximum atomic E-state index is 12.7. The molecule has 2 aromatic rings. The van der Waals surface area contributed by atoms with Gasteiger partial charge in [-0.15, -0.1) is 0 Å². The van der Waals surface area contributed by atoms with Gasteiger partial charge in [-0.2, -0.15) is 0 Å². The second-order valence-electron chi connectivity index (χ2n) is 6.28.